The standard InChI is InChI=1S/C57H35N3OS/c1-4-13-36(14-5-1)38-25-27-40(28-26-38)55-58-56(60-57(59-55)49-24-12-23-48-47-22-11-21-45(53(47)61-54(48)49)39-17-8-3-9-18-39)44-29-31-46-50-34-43(30-32-51(50)62-52(46)35-44)42-20-10-19-41(33-42)37-15-6-2-7-16-37/h1-35H/i2D,3D,6D,7D,8D,9D,15D,16D,17D,18D,29D,30D,31D,32D,34D,35D. The summed E-state index contributed by atoms with van der Waals surface area (Å²) >= 11 is 0.922. The molecule has 3 heterocycles. The van der Waals surface area contributed by atoms with Gasteiger partial charge in [-0.2, -0.15) is 0 Å². The van der Waals surface area contributed by atoms with E-state index in [1.54, 1.807) is 54.6 Å². The maximum atomic E-state index is 9.80. The van der Waals surface area contributed by atoms with Gasteiger partial charge in [-0.3, -0.25) is 0 Å². The van der Waals surface area contributed by atoms with Crippen molar-refractivity contribution in [3.05, 3.63) is 212 Å². The van der Waals surface area contributed by atoms with Gasteiger partial charge in [0, 0.05) is 47.6 Å². The van der Waals surface area contributed by atoms with E-state index in [1.807, 2.05) is 54.6 Å². The first-order valence-corrected chi connectivity index (χ1v) is 20.3. The second-order valence-corrected chi connectivity index (χ2v) is 15.3. The molecule has 9 aromatic carbocycles. The molecule has 0 aliphatic carbocycles. The molecule has 0 aliphatic rings. The minimum Gasteiger partial charge on any atom is -0.455 e. The van der Waals surface area contributed by atoms with E-state index in [0.29, 0.717) is 21.9 Å². The number of rotatable bonds is 7. The zero-order valence-corrected chi connectivity index (χ0v) is 32.9. The lowest BCUT2D eigenvalue weighted by Crippen LogP contribution is -2.00. The summed E-state index contributed by atoms with van der Waals surface area (Å²) in [7, 11) is 0. The fraction of sp³-hybridized carbons (Fsp3) is 0. The lowest BCUT2D eigenvalue weighted by Gasteiger charge is -2.10. The quantitative estimate of drug-likeness (QED) is 0.161. The van der Waals surface area contributed by atoms with Crippen LogP contribution in [0, 0.1) is 0 Å². The van der Waals surface area contributed by atoms with Crippen LogP contribution in [0.25, 0.3) is 121 Å². The van der Waals surface area contributed by atoms with Crippen molar-refractivity contribution < 1.29 is 26.3 Å². The third kappa shape index (κ3) is 6.35. The number of hydrogen-bond acceptors (Lipinski definition) is 5. The molecule has 0 aliphatic heterocycles. The highest BCUT2D eigenvalue weighted by molar-refractivity contribution is 7.25. The predicted octanol–water partition coefficient (Wildman–Crippen LogP) is 15.8. The third-order valence-electron chi connectivity index (χ3n) is 10.6. The van der Waals surface area contributed by atoms with E-state index in [1.165, 1.54) is 6.07 Å². The maximum absolute atomic E-state index is 9.80. The Balaban J connectivity index is 1.07. The molecule has 0 unspecified atom stereocenters. The Morgan fingerprint density at radius 3 is 1.69 bits per heavy atom. The molecule has 0 spiro atoms. The molecule has 290 valence electrons. The number of aromatic nitrogens is 3. The normalized spacial score (nSPS) is 15.2. The number of hydrogen-bond donors (Lipinski definition) is 0. The Morgan fingerprint density at radius 1 is 0.355 bits per heavy atom. The molecule has 0 amide bonds. The number of fused-ring (bicyclic) bond motifs is 6. The van der Waals surface area contributed by atoms with Gasteiger partial charge in [-0.05, 0) is 69.2 Å². The van der Waals surface area contributed by atoms with E-state index in [4.69, 9.17) is 33.1 Å². The van der Waals surface area contributed by atoms with Gasteiger partial charge in [-0.25, -0.2) is 15.0 Å². The zero-order chi connectivity index (χ0) is 54.9. The van der Waals surface area contributed by atoms with E-state index in [9.17, 15) is 8.22 Å². The molecule has 4 nitrogen and oxygen atoms in total. The predicted molar refractivity (Wildman–Crippen MR) is 258 cm³/mol. The Hall–Kier alpha value is -7.99. The number of furan rings is 1. The van der Waals surface area contributed by atoms with Crippen LogP contribution in [0.5, 0.6) is 0 Å². The Labute approximate surface area is 384 Å². The molecule has 5 heteroatoms. The summed E-state index contributed by atoms with van der Waals surface area (Å²) in [5.41, 5.74) is 3.68. The fourth-order valence-electron chi connectivity index (χ4n) is 7.63. The van der Waals surface area contributed by atoms with Gasteiger partial charge in [0.2, 0.25) is 0 Å². The number of para-hydroxylation sites is 2. The van der Waals surface area contributed by atoms with Crippen molar-refractivity contribution in [3.8, 4) is 78.7 Å². The molecule has 0 fully saturated rings. The zero-order valence-electron chi connectivity index (χ0n) is 48.1. The van der Waals surface area contributed by atoms with Crippen molar-refractivity contribution in [2.45, 2.75) is 0 Å². The average Bonchev–Trinajstić information content (AvgIpc) is 4.23. The van der Waals surface area contributed by atoms with Crippen LogP contribution >= 0.6 is 11.3 Å². The van der Waals surface area contributed by atoms with Crippen LogP contribution in [0.15, 0.2) is 216 Å². The van der Waals surface area contributed by atoms with Crippen molar-refractivity contribution in [2.24, 2.45) is 0 Å². The molecule has 0 saturated carbocycles. The third-order valence-corrected chi connectivity index (χ3v) is 11.6. The van der Waals surface area contributed by atoms with E-state index in [-0.39, 0.29) is 112 Å². The molecular formula is C57H35N3OS. The van der Waals surface area contributed by atoms with Gasteiger partial charge in [-0.1, -0.05) is 182 Å². The lowest BCUT2D eigenvalue weighted by atomic mass is 9.98. The first-order valence-electron chi connectivity index (χ1n) is 27.4. The van der Waals surface area contributed by atoms with Gasteiger partial charge >= 0.3 is 0 Å². The highest BCUT2D eigenvalue weighted by atomic mass is 32.1. The van der Waals surface area contributed by atoms with Crippen molar-refractivity contribution in [1.82, 2.24) is 15.0 Å². The largest absolute Gasteiger partial charge is 0.455 e. The molecule has 0 saturated heterocycles. The fourth-order valence-corrected chi connectivity index (χ4v) is 8.60. The van der Waals surface area contributed by atoms with E-state index in [0.717, 1.165) is 22.5 Å². The molecule has 62 heavy (non-hydrogen) atoms. The molecule has 0 N–H and O–H groups in total. The summed E-state index contributed by atoms with van der Waals surface area (Å²) in [5.74, 6) is 0.0381. The molecule has 0 atom stereocenters. The Bertz CT molecular complexity index is 4530. The van der Waals surface area contributed by atoms with Gasteiger partial charge in [-0.15, -0.1) is 11.3 Å². The first kappa shape index (κ1) is 23.1. The van der Waals surface area contributed by atoms with Crippen LogP contribution in [0.3, 0.4) is 0 Å². The Morgan fingerprint density at radius 2 is 0.935 bits per heavy atom. The average molecular weight is 826 g/mol. The van der Waals surface area contributed by atoms with Crippen LogP contribution in [-0.2, 0) is 0 Å². The van der Waals surface area contributed by atoms with E-state index in [2.05, 4.69) is 0 Å². The van der Waals surface area contributed by atoms with Crippen LogP contribution in [-0.4, -0.2) is 15.0 Å². The summed E-state index contributed by atoms with van der Waals surface area (Å²) in [6.45, 7) is 0. The molecule has 0 bridgehead atoms. The van der Waals surface area contributed by atoms with Crippen LogP contribution in [0.4, 0.5) is 0 Å². The second kappa shape index (κ2) is 14.9. The minimum absolute atomic E-state index is 0.0308. The summed E-state index contributed by atoms with van der Waals surface area (Å²) in [6, 6.07) is 26.8. The number of benzene rings is 9. The summed E-state index contributed by atoms with van der Waals surface area (Å²) < 4.78 is 148. The van der Waals surface area contributed by atoms with E-state index >= 15 is 0 Å². The second-order valence-electron chi connectivity index (χ2n) is 14.3. The number of thiophene rings is 1. The highest BCUT2D eigenvalue weighted by Gasteiger charge is 2.20. The van der Waals surface area contributed by atoms with Crippen LogP contribution < -0.4 is 0 Å². The SMILES string of the molecule is [2H]c1c([2H])c([2H])c(-c2cccc(-c3c([2H])c([2H])c4sc5c([2H])c(-c6nc(-c7ccc(-c8ccccc8)cc7)nc(-c7cccc8c7oc7c(-c9c([2H])c([2H])c([2H])c([2H])c9[2H])cccc78)n6)c([2H])c([2H])c5c4c3[2H])c2)c([2H])c1[2H]. The summed E-state index contributed by atoms with van der Waals surface area (Å²) in [5, 5.41) is 1.25. The monoisotopic (exact) mass is 825 g/mol. The molecule has 12 rings (SSSR count). The van der Waals surface area contributed by atoms with Gasteiger partial charge in [0.05, 0.1) is 27.5 Å². The van der Waals surface area contributed by atoms with E-state index < -0.39 is 72.5 Å². The van der Waals surface area contributed by atoms with Gasteiger partial charge in [0.1, 0.15) is 11.2 Å². The number of nitrogens with zero attached hydrogens (tertiary/aromatic N) is 3. The van der Waals surface area contributed by atoms with Crippen molar-refractivity contribution in [2.75, 3.05) is 0 Å². The minimum atomic E-state index is -0.559. The van der Waals surface area contributed by atoms with Crippen molar-refractivity contribution >= 4 is 53.4 Å². The summed E-state index contributed by atoms with van der Waals surface area (Å²) in [6.07, 6.45) is 0. The maximum Gasteiger partial charge on any atom is 0.167 e. The first-order chi connectivity index (χ1) is 37.4. The van der Waals surface area contributed by atoms with Crippen LogP contribution in [0.1, 0.15) is 21.9 Å². The smallest absolute Gasteiger partial charge is 0.167 e. The molecule has 12 aromatic rings. The lowest BCUT2D eigenvalue weighted by molar-refractivity contribution is 0.670. The summed E-state index contributed by atoms with van der Waals surface area (Å²) in [4.78, 5) is 14.8. The molecule has 3 aromatic heterocycles. The van der Waals surface area contributed by atoms with Crippen molar-refractivity contribution in [1.29, 1.82) is 0 Å². The van der Waals surface area contributed by atoms with Gasteiger partial charge in [0.25, 0.3) is 0 Å². The molecular weight excluding hydrogens is 775 g/mol. The topological polar surface area (TPSA) is 51.8 Å². The highest BCUT2D eigenvalue weighted by Crippen LogP contribution is 2.42. The van der Waals surface area contributed by atoms with Crippen LogP contribution in [0.2, 0.25) is 0 Å². The molecule has 0 radical (unpaired) electrons. The van der Waals surface area contributed by atoms with Gasteiger partial charge < -0.3 is 4.42 Å². The van der Waals surface area contributed by atoms with Crippen molar-refractivity contribution in [3.63, 3.8) is 0 Å². The van der Waals surface area contributed by atoms with Gasteiger partial charge in [0.15, 0.2) is 17.5 Å². The Kier molecular flexibility index (Phi) is 5.57.